The maximum absolute atomic E-state index is 10.7. The van der Waals surface area contributed by atoms with E-state index in [1.54, 1.807) is 19.2 Å². The molecule has 1 aromatic rings. The second kappa shape index (κ2) is 9.46. The van der Waals surface area contributed by atoms with Crippen LogP contribution in [0.3, 0.4) is 0 Å². The van der Waals surface area contributed by atoms with Gasteiger partial charge in [-0.05, 0) is 44.0 Å². The van der Waals surface area contributed by atoms with Crippen molar-refractivity contribution in [2.75, 3.05) is 33.5 Å². The number of hydrogen-bond acceptors (Lipinski definition) is 5. The number of halogens is 2. The molecule has 0 amide bonds. The molecular formula is C13H16Br2O5. The monoisotopic (exact) mass is 410 g/mol. The molecule has 1 rings (SSSR count). The third kappa shape index (κ3) is 5.88. The fourth-order valence-electron chi connectivity index (χ4n) is 1.37. The van der Waals surface area contributed by atoms with E-state index in [-0.39, 0.29) is 13.2 Å². The van der Waals surface area contributed by atoms with Crippen molar-refractivity contribution in [3.05, 3.63) is 26.6 Å². The summed E-state index contributed by atoms with van der Waals surface area (Å²) in [4.78, 5) is 10.7. The van der Waals surface area contributed by atoms with E-state index in [0.717, 1.165) is 6.29 Å². The van der Waals surface area contributed by atoms with Gasteiger partial charge < -0.3 is 19.3 Å². The maximum atomic E-state index is 10.7. The summed E-state index contributed by atoms with van der Waals surface area (Å²) in [5.41, 5.74) is 0.527. The molecule has 0 aliphatic rings. The number of aldehydes is 1. The largest absolute Gasteiger partial charge is 0.488 e. The fourth-order valence-corrected chi connectivity index (χ4v) is 2.83. The van der Waals surface area contributed by atoms with Gasteiger partial charge in [-0.25, -0.2) is 0 Å². The summed E-state index contributed by atoms with van der Waals surface area (Å²) in [7, 11) is 1.58. The van der Waals surface area contributed by atoms with Crippen LogP contribution in [0.5, 0.6) is 5.75 Å². The number of carbonyl (C=O) groups excluding carboxylic acids is 1. The Kier molecular flexibility index (Phi) is 8.32. The number of carbonyl (C=O) groups is 1. The molecule has 1 aromatic carbocycles. The zero-order valence-corrected chi connectivity index (χ0v) is 14.1. The average molecular weight is 412 g/mol. The van der Waals surface area contributed by atoms with Gasteiger partial charge in [0.1, 0.15) is 24.7 Å². The quantitative estimate of drug-likeness (QED) is 0.499. The molecule has 0 aromatic heterocycles. The SMILES string of the molecule is COCCOCC(O)COc1c(Br)cc(C=O)cc1Br. The highest BCUT2D eigenvalue weighted by Crippen LogP contribution is 2.34. The summed E-state index contributed by atoms with van der Waals surface area (Å²) in [5, 5.41) is 9.71. The van der Waals surface area contributed by atoms with Gasteiger partial charge in [-0.1, -0.05) is 0 Å². The van der Waals surface area contributed by atoms with Crippen LogP contribution in [0.15, 0.2) is 21.1 Å². The standard InChI is InChI=1S/C13H16Br2O5/c1-18-2-3-19-7-10(17)8-20-13-11(14)4-9(6-16)5-12(13)15/h4-6,10,17H,2-3,7-8H2,1H3. The van der Waals surface area contributed by atoms with E-state index in [1.165, 1.54) is 0 Å². The van der Waals surface area contributed by atoms with Crippen LogP contribution in [-0.4, -0.2) is 51.0 Å². The second-order valence-electron chi connectivity index (χ2n) is 3.96. The van der Waals surface area contributed by atoms with Gasteiger partial charge >= 0.3 is 0 Å². The molecule has 20 heavy (non-hydrogen) atoms. The first-order valence-corrected chi connectivity index (χ1v) is 7.48. The van der Waals surface area contributed by atoms with E-state index in [0.29, 0.717) is 33.5 Å². The Balaban J connectivity index is 2.47. The number of ether oxygens (including phenoxy) is 3. The molecule has 0 fully saturated rings. The lowest BCUT2D eigenvalue weighted by Gasteiger charge is -2.15. The van der Waals surface area contributed by atoms with Crippen molar-refractivity contribution in [3.8, 4) is 5.75 Å². The number of rotatable bonds is 9. The lowest BCUT2D eigenvalue weighted by molar-refractivity contribution is -0.00440. The fraction of sp³-hybridized carbons (Fsp3) is 0.462. The molecule has 0 radical (unpaired) electrons. The highest BCUT2D eigenvalue weighted by molar-refractivity contribution is 9.11. The summed E-state index contributed by atoms with van der Waals surface area (Å²) in [5.74, 6) is 0.534. The highest BCUT2D eigenvalue weighted by atomic mass is 79.9. The van der Waals surface area contributed by atoms with Crippen LogP contribution in [0.1, 0.15) is 10.4 Å². The topological polar surface area (TPSA) is 65.0 Å². The van der Waals surface area contributed by atoms with Crippen LogP contribution in [0.25, 0.3) is 0 Å². The Morgan fingerprint density at radius 1 is 1.25 bits per heavy atom. The van der Waals surface area contributed by atoms with Crippen molar-refractivity contribution >= 4 is 38.1 Å². The molecule has 1 unspecified atom stereocenters. The molecule has 1 atom stereocenters. The first kappa shape index (κ1) is 17.6. The first-order valence-electron chi connectivity index (χ1n) is 5.90. The van der Waals surface area contributed by atoms with E-state index in [2.05, 4.69) is 31.9 Å². The summed E-state index contributed by atoms with van der Waals surface area (Å²) >= 11 is 6.64. The summed E-state index contributed by atoms with van der Waals surface area (Å²) in [6, 6.07) is 3.29. The van der Waals surface area contributed by atoms with E-state index in [4.69, 9.17) is 14.2 Å². The Hall–Kier alpha value is -0.470. The minimum Gasteiger partial charge on any atom is -0.488 e. The molecule has 7 heteroatoms. The lowest BCUT2D eigenvalue weighted by atomic mass is 10.2. The van der Waals surface area contributed by atoms with Gasteiger partial charge in [0.2, 0.25) is 0 Å². The minimum absolute atomic E-state index is 0.0879. The van der Waals surface area contributed by atoms with Gasteiger partial charge in [0.05, 0.1) is 28.8 Å². The lowest BCUT2D eigenvalue weighted by Crippen LogP contribution is -2.24. The van der Waals surface area contributed by atoms with Crippen molar-refractivity contribution in [1.29, 1.82) is 0 Å². The molecule has 0 aliphatic heterocycles. The Bertz CT molecular complexity index is 416. The van der Waals surface area contributed by atoms with Crippen molar-refractivity contribution in [2.24, 2.45) is 0 Å². The number of aliphatic hydroxyl groups is 1. The van der Waals surface area contributed by atoms with Crippen LogP contribution >= 0.6 is 31.9 Å². The van der Waals surface area contributed by atoms with Gasteiger partial charge in [-0.3, -0.25) is 4.79 Å². The maximum Gasteiger partial charge on any atom is 0.150 e. The van der Waals surface area contributed by atoms with Crippen LogP contribution in [-0.2, 0) is 9.47 Å². The van der Waals surface area contributed by atoms with E-state index in [1.807, 2.05) is 0 Å². The van der Waals surface area contributed by atoms with Crippen LogP contribution < -0.4 is 4.74 Å². The Morgan fingerprint density at radius 2 is 1.90 bits per heavy atom. The smallest absolute Gasteiger partial charge is 0.150 e. The molecular weight excluding hydrogens is 396 g/mol. The van der Waals surface area contributed by atoms with Gasteiger partial charge in [0.15, 0.2) is 0 Å². The third-order valence-corrected chi connectivity index (χ3v) is 3.50. The van der Waals surface area contributed by atoms with E-state index in [9.17, 15) is 9.90 Å². The zero-order chi connectivity index (χ0) is 15.0. The summed E-state index contributed by atoms with van der Waals surface area (Å²) in [6.07, 6.45) is 0.00837. The highest BCUT2D eigenvalue weighted by Gasteiger charge is 2.12. The number of hydrogen-bond donors (Lipinski definition) is 1. The van der Waals surface area contributed by atoms with Crippen LogP contribution in [0, 0.1) is 0 Å². The normalized spacial score (nSPS) is 12.2. The molecule has 0 heterocycles. The zero-order valence-electron chi connectivity index (χ0n) is 11.0. The molecule has 0 saturated heterocycles. The molecule has 5 nitrogen and oxygen atoms in total. The first-order chi connectivity index (χ1) is 9.58. The van der Waals surface area contributed by atoms with Gasteiger partial charge in [0.25, 0.3) is 0 Å². The minimum atomic E-state index is -0.739. The third-order valence-electron chi connectivity index (χ3n) is 2.32. The van der Waals surface area contributed by atoms with Crippen molar-refractivity contribution in [1.82, 2.24) is 0 Å². The predicted molar refractivity (Wildman–Crippen MR) is 81.4 cm³/mol. The van der Waals surface area contributed by atoms with E-state index >= 15 is 0 Å². The van der Waals surface area contributed by atoms with E-state index < -0.39 is 6.10 Å². The number of benzene rings is 1. The van der Waals surface area contributed by atoms with Crippen LogP contribution in [0.4, 0.5) is 0 Å². The number of aliphatic hydroxyl groups excluding tert-OH is 1. The summed E-state index contributed by atoms with van der Waals surface area (Å²) in [6.45, 7) is 1.17. The molecule has 0 bridgehead atoms. The average Bonchev–Trinajstić information content (AvgIpc) is 2.42. The Morgan fingerprint density at radius 3 is 2.45 bits per heavy atom. The van der Waals surface area contributed by atoms with Gasteiger partial charge in [-0.2, -0.15) is 0 Å². The Labute approximate surface area is 134 Å². The summed E-state index contributed by atoms with van der Waals surface area (Å²) < 4.78 is 16.8. The van der Waals surface area contributed by atoms with Crippen molar-refractivity contribution < 1.29 is 24.1 Å². The number of methoxy groups -OCH3 is 1. The van der Waals surface area contributed by atoms with Gasteiger partial charge in [0, 0.05) is 12.7 Å². The van der Waals surface area contributed by atoms with Crippen LogP contribution in [0.2, 0.25) is 0 Å². The molecule has 0 spiro atoms. The predicted octanol–water partition coefficient (Wildman–Crippen LogP) is 2.43. The van der Waals surface area contributed by atoms with Gasteiger partial charge in [-0.15, -0.1) is 0 Å². The van der Waals surface area contributed by atoms with Crippen molar-refractivity contribution in [2.45, 2.75) is 6.10 Å². The molecule has 0 saturated carbocycles. The molecule has 0 aliphatic carbocycles. The second-order valence-corrected chi connectivity index (χ2v) is 5.67. The van der Waals surface area contributed by atoms with Crippen molar-refractivity contribution in [3.63, 3.8) is 0 Å². The molecule has 112 valence electrons. The molecule has 1 N–H and O–H groups in total.